The van der Waals surface area contributed by atoms with E-state index >= 15 is 0 Å². The highest BCUT2D eigenvalue weighted by atomic mass is 32.2. The molecule has 4 aromatic carbocycles. The van der Waals surface area contributed by atoms with Gasteiger partial charge in [0.05, 0.1) is 5.69 Å². The van der Waals surface area contributed by atoms with E-state index in [-0.39, 0.29) is 12.8 Å². The molecule has 6 nitrogen and oxygen atoms in total. The summed E-state index contributed by atoms with van der Waals surface area (Å²) in [5.74, 6) is -1.94. The van der Waals surface area contributed by atoms with Gasteiger partial charge in [-0.1, -0.05) is 78.5 Å². The molecule has 1 atom stereocenters. The minimum Gasteiger partial charge on any atom is -0.481 e. The fourth-order valence-corrected chi connectivity index (χ4v) is 4.61. The molecule has 0 aromatic heterocycles. The van der Waals surface area contributed by atoms with Gasteiger partial charge in [0.25, 0.3) is 5.91 Å². The zero-order chi connectivity index (χ0) is 24.6. The molecule has 2 amide bonds. The maximum atomic E-state index is 13.2. The zero-order valence-electron chi connectivity index (χ0n) is 18.8. The van der Waals surface area contributed by atoms with Gasteiger partial charge in [-0.05, 0) is 47.5 Å². The number of carboxylic acids is 1. The molecule has 0 saturated heterocycles. The summed E-state index contributed by atoms with van der Waals surface area (Å²) in [5.41, 5.74) is 1.02. The molecule has 0 radical (unpaired) electrons. The van der Waals surface area contributed by atoms with Crippen LogP contribution in [0.2, 0.25) is 0 Å². The summed E-state index contributed by atoms with van der Waals surface area (Å²) in [6.45, 7) is 0. The van der Waals surface area contributed by atoms with E-state index in [2.05, 4.69) is 10.6 Å². The quantitative estimate of drug-likeness (QED) is 0.288. The largest absolute Gasteiger partial charge is 0.481 e. The van der Waals surface area contributed by atoms with Crippen LogP contribution < -0.4 is 10.6 Å². The number of carbonyl (C=O) groups excluding carboxylic acids is 2. The number of nitrogens with one attached hydrogen (secondary N) is 2. The van der Waals surface area contributed by atoms with E-state index in [4.69, 9.17) is 0 Å². The summed E-state index contributed by atoms with van der Waals surface area (Å²) in [4.78, 5) is 39.4. The lowest BCUT2D eigenvalue weighted by atomic mass is 10.0. The molecule has 4 aromatic rings. The molecule has 176 valence electrons. The number of fused-ring (bicyclic) bond motifs is 1. The SMILES string of the molecule is O=C(O)CCC(NC(=O)c1cccc2ccccc12)C(=O)Nc1ccccc1Sc1ccccc1. The molecular weight excluding hydrogens is 460 g/mol. The van der Waals surface area contributed by atoms with E-state index < -0.39 is 23.8 Å². The second-order valence-electron chi connectivity index (χ2n) is 7.89. The number of para-hydroxylation sites is 1. The lowest BCUT2D eigenvalue weighted by Crippen LogP contribution is -2.44. The van der Waals surface area contributed by atoms with Crippen LogP contribution in [0.1, 0.15) is 23.2 Å². The monoisotopic (exact) mass is 484 g/mol. The number of amides is 2. The third-order valence-corrected chi connectivity index (χ3v) is 6.50. The first-order valence-corrected chi connectivity index (χ1v) is 12.0. The molecule has 7 heteroatoms. The minimum atomic E-state index is -1.04. The molecule has 0 aliphatic rings. The molecule has 0 aliphatic heterocycles. The Balaban J connectivity index is 1.55. The van der Waals surface area contributed by atoms with Gasteiger partial charge >= 0.3 is 5.97 Å². The van der Waals surface area contributed by atoms with Gasteiger partial charge in [0.2, 0.25) is 5.91 Å². The zero-order valence-corrected chi connectivity index (χ0v) is 19.6. The summed E-state index contributed by atoms with van der Waals surface area (Å²) in [7, 11) is 0. The van der Waals surface area contributed by atoms with Crippen molar-refractivity contribution in [2.45, 2.75) is 28.7 Å². The van der Waals surface area contributed by atoms with Gasteiger partial charge in [-0.3, -0.25) is 14.4 Å². The molecule has 0 aliphatic carbocycles. The van der Waals surface area contributed by atoms with Gasteiger partial charge < -0.3 is 15.7 Å². The van der Waals surface area contributed by atoms with E-state index in [9.17, 15) is 19.5 Å². The first-order chi connectivity index (χ1) is 17.0. The van der Waals surface area contributed by atoms with Crippen molar-refractivity contribution in [3.63, 3.8) is 0 Å². The first kappa shape index (κ1) is 24.0. The normalized spacial score (nSPS) is 11.5. The Morgan fingerprint density at radius 2 is 1.49 bits per heavy atom. The standard InChI is InChI=1S/C28H24N2O4S/c31-26(32)18-17-24(30-27(33)22-14-8-10-19-9-4-5-13-21(19)22)28(34)29-23-15-6-7-16-25(23)35-20-11-2-1-3-12-20/h1-16,24H,17-18H2,(H,29,34)(H,30,33)(H,31,32). The summed E-state index contributed by atoms with van der Waals surface area (Å²) in [5, 5.41) is 16.5. The smallest absolute Gasteiger partial charge is 0.303 e. The van der Waals surface area contributed by atoms with Crippen LogP contribution in [0.3, 0.4) is 0 Å². The molecule has 0 heterocycles. The molecule has 0 saturated carbocycles. The molecule has 4 rings (SSSR count). The second-order valence-corrected chi connectivity index (χ2v) is 9.00. The third-order valence-electron chi connectivity index (χ3n) is 5.42. The number of hydrogen-bond acceptors (Lipinski definition) is 4. The lowest BCUT2D eigenvalue weighted by Gasteiger charge is -2.19. The number of carboxylic acid groups (broad SMARTS) is 1. The van der Waals surface area contributed by atoms with E-state index in [1.807, 2.05) is 78.9 Å². The van der Waals surface area contributed by atoms with E-state index in [0.29, 0.717) is 11.3 Å². The van der Waals surface area contributed by atoms with E-state index in [1.165, 1.54) is 11.8 Å². The molecule has 1 unspecified atom stereocenters. The van der Waals surface area contributed by atoms with Crippen LogP contribution in [0, 0.1) is 0 Å². The van der Waals surface area contributed by atoms with Gasteiger partial charge in [-0.2, -0.15) is 0 Å². The Labute approximate surface area is 207 Å². The van der Waals surface area contributed by atoms with Gasteiger partial charge in [0, 0.05) is 21.8 Å². The van der Waals surface area contributed by atoms with Crippen LogP contribution in [0.15, 0.2) is 107 Å². The fraction of sp³-hybridized carbons (Fsp3) is 0.107. The average Bonchev–Trinajstić information content (AvgIpc) is 2.87. The Hall–Kier alpha value is -4.10. The number of anilines is 1. The van der Waals surface area contributed by atoms with Crippen molar-refractivity contribution in [1.82, 2.24) is 5.32 Å². The highest BCUT2D eigenvalue weighted by molar-refractivity contribution is 7.99. The minimum absolute atomic E-state index is 0.0360. The van der Waals surface area contributed by atoms with Gasteiger partial charge in [0.15, 0.2) is 0 Å². The summed E-state index contributed by atoms with van der Waals surface area (Å²) in [6, 6.07) is 29.0. The fourth-order valence-electron chi connectivity index (χ4n) is 3.69. The first-order valence-electron chi connectivity index (χ1n) is 11.1. The van der Waals surface area contributed by atoms with Crippen molar-refractivity contribution in [3.05, 3.63) is 103 Å². The Morgan fingerprint density at radius 1 is 0.800 bits per heavy atom. The predicted molar refractivity (Wildman–Crippen MR) is 138 cm³/mol. The van der Waals surface area contributed by atoms with Crippen LogP contribution >= 0.6 is 11.8 Å². The highest BCUT2D eigenvalue weighted by Crippen LogP contribution is 2.33. The maximum Gasteiger partial charge on any atom is 0.303 e. The van der Waals surface area contributed by atoms with Crippen LogP contribution in [0.5, 0.6) is 0 Å². The van der Waals surface area contributed by atoms with Crippen molar-refractivity contribution >= 4 is 46.0 Å². The summed E-state index contributed by atoms with van der Waals surface area (Å²) in [6.07, 6.45) is -0.292. The van der Waals surface area contributed by atoms with E-state index in [1.54, 1.807) is 18.2 Å². The van der Waals surface area contributed by atoms with Crippen molar-refractivity contribution < 1.29 is 19.5 Å². The molecule has 3 N–H and O–H groups in total. The van der Waals surface area contributed by atoms with Crippen LogP contribution in [-0.2, 0) is 9.59 Å². The molecule has 35 heavy (non-hydrogen) atoms. The second kappa shape index (κ2) is 11.4. The number of aliphatic carboxylic acids is 1. The van der Waals surface area contributed by atoms with Crippen LogP contribution in [0.25, 0.3) is 10.8 Å². The third kappa shape index (κ3) is 6.28. The molecule has 0 fully saturated rings. The lowest BCUT2D eigenvalue weighted by molar-refractivity contribution is -0.137. The molecule has 0 bridgehead atoms. The molecular formula is C28H24N2O4S. The van der Waals surface area contributed by atoms with E-state index in [0.717, 1.165) is 20.6 Å². The Kier molecular flexibility index (Phi) is 7.80. The van der Waals surface area contributed by atoms with Gasteiger partial charge in [-0.15, -0.1) is 0 Å². The topological polar surface area (TPSA) is 95.5 Å². The van der Waals surface area contributed by atoms with Crippen molar-refractivity contribution in [2.24, 2.45) is 0 Å². The highest BCUT2D eigenvalue weighted by Gasteiger charge is 2.24. The number of benzene rings is 4. The predicted octanol–water partition coefficient (Wildman–Crippen LogP) is 5.59. The summed E-state index contributed by atoms with van der Waals surface area (Å²) >= 11 is 1.50. The van der Waals surface area contributed by atoms with Crippen molar-refractivity contribution in [2.75, 3.05) is 5.32 Å². The molecule has 0 spiro atoms. The summed E-state index contributed by atoms with van der Waals surface area (Å²) < 4.78 is 0. The maximum absolute atomic E-state index is 13.2. The van der Waals surface area contributed by atoms with Gasteiger partial charge in [-0.25, -0.2) is 0 Å². The van der Waals surface area contributed by atoms with Crippen molar-refractivity contribution in [1.29, 1.82) is 0 Å². The number of rotatable bonds is 9. The Bertz CT molecular complexity index is 1350. The van der Waals surface area contributed by atoms with Crippen LogP contribution in [-0.4, -0.2) is 28.9 Å². The number of hydrogen-bond donors (Lipinski definition) is 3. The van der Waals surface area contributed by atoms with Crippen molar-refractivity contribution in [3.8, 4) is 0 Å². The van der Waals surface area contributed by atoms with Gasteiger partial charge in [0.1, 0.15) is 6.04 Å². The van der Waals surface area contributed by atoms with Crippen LogP contribution in [0.4, 0.5) is 5.69 Å². The average molecular weight is 485 g/mol. The Morgan fingerprint density at radius 3 is 2.29 bits per heavy atom. The number of carbonyl (C=O) groups is 3.